The summed E-state index contributed by atoms with van der Waals surface area (Å²) in [7, 11) is 4.86. The van der Waals surface area contributed by atoms with Crippen LogP contribution in [0.15, 0.2) is 36.4 Å². The van der Waals surface area contributed by atoms with E-state index in [0.717, 1.165) is 5.56 Å². The summed E-state index contributed by atoms with van der Waals surface area (Å²) in [5.74, 6) is 1.94. The van der Waals surface area contributed by atoms with Crippen LogP contribution in [0.1, 0.15) is 16.0 Å². The van der Waals surface area contributed by atoms with Gasteiger partial charge in [0.25, 0.3) is 0 Å². The van der Waals surface area contributed by atoms with Crippen molar-refractivity contribution in [1.82, 2.24) is 0 Å². The second-order valence-corrected chi connectivity index (χ2v) is 6.39. The van der Waals surface area contributed by atoms with Gasteiger partial charge in [-0.05, 0) is 46.4 Å². The molecule has 0 N–H and O–H groups in total. The molecule has 21 heavy (non-hydrogen) atoms. The average Bonchev–Trinajstić information content (AvgIpc) is 2.52. The molecule has 0 fully saturated rings. The van der Waals surface area contributed by atoms with Crippen LogP contribution in [-0.4, -0.2) is 21.3 Å². The standard InChI is InChI=1S/C16H16BrIO3/c1-19-13-9-8-11(15(20-2)16(13)21-3)14(17)10-6-4-5-7-12(10)18/h4-9,14H,1-3H3. The van der Waals surface area contributed by atoms with Crippen molar-refractivity contribution in [1.29, 1.82) is 0 Å². The Kier molecular flexibility index (Phi) is 5.75. The molecule has 2 rings (SSSR count). The maximum absolute atomic E-state index is 5.55. The Bertz CT molecular complexity index is 631. The number of rotatable bonds is 5. The van der Waals surface area contributed by atoms with Gasteiger partial charge in [0, 0.05) is 9.13 Å². The molecule has 1 unspecified atom stereocenters. The lowest BCUT2D eigenvalue weighted by molar-refractivity contribution is 0.322. The van der Waals surface area contributed by atoms with Gasteiger partial charge in [-0.3, -0.25) is 0 Å². The Balaban J connectivity index is 2.56. The van der Waals surface area contributed by atoms with Gasteiger partial charge in [0.15, 0.2) is 11.5 Å². The highest BCUT2D eigenvalue weighted by molar-refractivity contribution is 14.1. The first-order valence-corrected chi connectivity index (χ1v) is 8.30. The van der Waals surface area contributed by atoms with Crippen LogP contribution in [0.5, 0.6) is 17.2 Å². The number of hydrogen-bond acceptors (Lipinski definition) is 3. The van der Waals surface area contributed by atoms with Gasteiger partial charge < -0.3 is 14.2 Å². The smallest absolute Gasteiger partial charge is 0.203 e. The zero-order valence-electron chi connectivity index (χ0n) is 12.0. The number of ether oxygens (including phenoxy) is 3. The molecule has 0 heterocycles. The number of alkyl halides is 1. The molecule has 1 atom stereocenters. The fraction of sp³-hybridized carbons (Fsp3) is 0.250. The minimum absolute atomic E-state index is 0.0142. The third-order valence-electron chi connectivity index (χ3n) is 3.19. The monoisotopic (exact) mass is 462 g/mol. The van der Waals surface area contributed by atoms with Gasteiger partial charge in [-0.25, -0.2) is 0 Å². The van der Waals surface area contributed by atoms with Crippen LogP contribution < -0.4 is 14.2 Å². The minimum atomic E-state index is 0.0142. The van der Waals surface area contributed by atoms with Crippen molar-refractivity contribution in [3.8, 4) is 17.2 Å². The van der Waals surface area contributed by atoms with Crippen LogP contribution in [0, 0.1) is 3.57 Å². The molecule has 0 amide bonds. The molecular weight excluding hydrogens is 447 g/mol. The predicted octanol–water partition coefficient (Wildman–Crippen LogP) is 4.80. The maximum atomic E-state index is 5.55. The fourth-order valence-corrected chi connectivity index (χ4v) is 4.06. The molecule has 0 bridgehead atoms. The van der Waals surface area contributed by atoms with E-state index in [-0.39, 0.29) is 4.83 Å². The van der Waals surface area contributed by atoms with Crippen LogP contribution in [0.2, 0.25) is 0 Å². The zero-order chi connectivity index (χ0) is 15.4. The molecule has 0 aliphatic rings. The summed E-state index contributed by atoms with van der Waals surface area (Å²) in [5.41, 5.74) is 2.18. The number of benzene rings is 2. The minimum Gasteiger partial charge on any atom is -0.493 e. The van der Waals surface area contributed by atoms with Crippen LogP contribution in [0.3, 0.4) is 0 Å². The summed E-state index contributed by atoms with van der Waals surface area (Å²) in [6.07, 6.45) is 0. The van der Waals surface area contributed by atoms with Crippen molar-refractivity contribution in [3.05, 3.63) is 51.1 Å². The molecular formula is C16H16BrIO3. The lowest BCUT2D eigenvalue weighted by Gasteiger charge is -2.19. The lowest BCUT2D eigenvalue weighted by Crippen LogP contribution is -2.02. The molecule has 2 aromatic rings. The summed E-state index contributed by atoms with van der Waals surface area (Å²) < 4.78 is 17.5. The van der Waals surface area contributed by atoms with E-state index in [1.165, 1.54) is 9.13 Å². The first-order chi connectivity index (χ1) is 10.1. The van der Waals surface area contributed by atoms with E-state index in [1.807, 2.05) is 24.3 Å². The average molecular weight is 463 g/mol. The summed E-state index contributed by atoms with van der Waals surface area (Å²) in [5, 5.41) is 0. The molecule has 0 aliphatic heterocycles. The van der Waals surface area contributed by atoms with Crippen molar-refractivity contribution in [2.75, 3.05) is 21.3 Å². The second kappa shape index (κ2) is 7.35. The van der Waals surface area contributed by atoms with Crippen molar-refractivity contribution in [3.63, 3.8) is 0 Å². The first kappa shape index (κ1) is 16.4. The van der Waals surface area contributed by atoms with Crippen LogP contribution in [0.25, 0.3) is 0 Å². The lowest BCUT2D eigenvalue weighted by atomic mass is 10.0. The highest BCUT2D eigenvalue weighted by Gasteiger charge is 2.22. The van der Waals surface area contributed by atoms with Crippen molar-refractivity contribution in [2.45, 2.75) is 4.83 Å². The van der Waals surface area contributed by atoms with E-state index in [4.69, 9.17) is 14.2 Å². The summed E-state index contributed by atoms with van der Waals surface area (Å²) in [6.45, 7) is 0. The molecule has 0 radical (unpaired) electrons. The van der Waals surface area contributed by atoms with E-state index in [1.54, 1.807) is 21.3 Å². The Labute approximate surface area is 146 Å². The van der Waals surface area contributed by atoms with E-state index in [9.17, 15) is 0 Å². The van der Waals surface area contributed by atoms with E-state index in [2.05, 4.69) is 50.7 Å². The van der Waals surface area contributed by atoms with Gasteiger partial charge in [-0.15, -0.1) is 0 Å². The molecule has 112 valence electrons. The summed E-state index contributed by atoms with van der Waals surface area (Å²) in [4.78, 5) is 0.0142. The molecule has 0 saturated heterocycles. The molecule has 5 heteroatoms. The highest BCUT2D eigenvalue weighted by atomic mass is 127. The van der Waals surface area contributed by atoms with Gasteiger partial charge in [0.1, 0.15) is 0 Å². The van der Waals surface area contributed by atoms with Gasteiger partial charge in [0.2, 0.25) is 5.75 Å². The number of methoxy groups -OCH3 is 3. The topological polar surface area (TPSA) is 27.7 Å². The third kappa shape index (κ3) is 3.29. The third-order valence-corrected chi connectivity index (χ3v) is 5.15. The zero-order valence-corrected chi connectivity index (χ0v) is 15.8. The molecule has 0 spiro atoms. The van der Waals surface area contributed by atoms with Crippen molar-refractivity contribution in [2.24, 2.45) is 0 Å². The van der Waals surface area contributed by atoms with E-state index >= 15 is 0 Å². The first-order valence-electron chi connectivity index (χ1n) is 6.31. The van der Waals surface area contributed by atoms with E-state index in [0.29, 0.717) is 17.2 Å². The molecule has 2 aromatic carbocycles. The molecule has 0 aliphatic carbocycles. The number of hydrogen-bond donors (Lipinski definition) is 0. The Morgan fingerprint density at radius 3 is 2.10 bits per heavy atom. The summed E-state index contributed by atoms with van der Waals surface area (Å²) in [6, 6.07) is 12.1. The molecule has 0 aromatic heterocycles. The van der Waals surface area contributed by atoms with Gasteiger partial charge in [-0.2, -0.15) is 0 Å². The largest absolute Gasteiger partial charge is 0.493 e. The maximum Gasteiger partial charge on any atom is 0.203 e. The van der Waals surface area contributed by atoms with Gasteiger partial charge in [-0.1, -0.05) is 34.1 Å². The van der Waals surface area contributed by atoms with Crippen LogP contribution in [0.4, 0.5) is 0 Å². The quantitative estimate of drug-likeness (QED) is 0.471. The van der Waals surface area contributed by atoms with Crippen LogP contribution >= 0.6 is 38.5 Å². The van der Waals surface area contributed by atoms with Crippen molar-refractivity contribution < 1.29 is 14.2 Å². The van der Waals surface area contributed by atoms with E-state index < -0.39 is 0 Å². The van der Waals surface area contributed by atoms with Gasteiger partial charge in [0.05, 0.1) is 26.2 Å². The molecule has 0 saturated carbocycles. The molecule has 3 nitrogen and oxygen atoms in total. The Hall–Kier alpha value is -0.950. The number of halogens is 2. The Morgan fingerprint density at radius 1 is 0.857 bits per heavy atom. The Morgan fingerprint density at radius 2 is 1.52 bits per heavy atom. The van der Waals surface area contributed by atoms with Gasteiger partial charge >= 0.3 is 0 Å². The normalized spacial score (nSPS) is 11.9. The second-order valence-electron chi connectivity index (χ2n) is 4.31. The fourth-order valence-electron chi connectivity index (χ4n) is 2.17. The van der Waals surface area contributed by atoms with Crippen LogP contribution in [-0.2, 0) is 0 Å². The highest BCUT2D eigenvalue weighted by Crippen LogP contribution is 2.46. The van der Waals surface area contributed by atoms with Crippen molar-refractivity contribution >= 4 is 38.5 Å². The predicted molar refractivity (Wildman–Crippen MR) is 96.0 cm³/mol. The SMILES string of the molecule is COc1ccc(C(Br)c2ccccc2I)c(OC)c1OC. The summed E-state index contributed by atoms with van der Waals surface area (Å²) >= 11 is 6.10.